The van der Waals surface area contributed by atoms with E-state index in [1.165, 1.54) is 6.07 Å². The fourth-order valence-electron chi connectivity index (χ4n) is 1.65. The van der Waals surface area contributed by atoms with Gasteiger partial charge in [-0.2, -0.15) is 0 Å². The van der Waals surface area contributed by atoms with E-state index in [9.17, 15) is 8.42 Å². The number of nitrogen functional groups attached to an aromatic ring is 1. The zero-order valence-corrected chi connectivity index (χ0v) is 12.9. The lowest BCUT2D eigenvalue weighted by atomic mass is 10.2. The molecule has 0 aliphatic rings. The Hall–Kier alpha value is -2.05. The topological polar surface area (TPSA) is 95.4 Å². The Kier molecular flexibility index (Phi) is 6.20. The Labute approximate surface area is 125 Å². The molecule has 2 aromatic carbocycles. The monoisotopic (exact) mass is 308 g/mol. The van der Waals surface area contributed by atoms with E-state index >= 15 is 0 Å². The maximum atomic E-state index is 10.8. The number of hydrogen-bond acceptors (Lipinski definition) is 4. The van der Waals surface area contributed by atoms with Crippen molar-refractivity contribution in [2.45, 2.75) is 18.7 Å². The molecule has 0 saturated carbocycles. The largest absolute Gasteiger partial charge is 0.494 e. The zero-order chi connectivity index (χ0) is 15.9. The van der Waals surface area contributed by atoms with Gasteiger partial charge in [-0.05, 0) is 37.6 Å². The van der Waals surface area contributed by atoms with Crippen molar-refractivity contribution in [3.05, 3.63) is 54.1 Å². The van der Waals surface area contributed by atoms with Gasteiger partial charge in [-0.1, -0.05) is 24.3 Å². The Morgan fingerprint density at radius 3 is 2.24 bits per heavy atom. The van der Waals surface area contributed by atoms with E-state index in [2.05, 4.69) is 0 Å². The van der Waals surface area contributed by atoms with Crippen molar-refractivity contribution >= 4 is 15.7 Å². The minimum Gasteiger partial charge on any atom is -0.494 e. The van der Waals surface area contributed by atoms with Crippen molar-refractivity contribution in [1.29, 1.82) is 0 Å². The molecule has 0 spiro atoms. The summed E-state index contributed by atoms with van der Waals surface area (Å²) in [7, 11) is -3.53. The van der Waals surface area contributed by atoms with Crippen molar-refractivity contribution < 1.29 is 13.2 Å². The summed E-state index contributed by atoms with van der Waals surface area (Å²) in [6.45, 7) is 4.34. The number of aryl methyl sites for hydroxylation is 1. The van der Waals surface area contributed by atoms with Gasteiger partial charge < -0.3 is 10.5 Å². The van der Waals surface area contributed by atoms with E-state index in [-0.39, 0.29) is 4.90 Å². The predicted molar refractivity (Wildman–Crippen MR) is 84.6 cm³/mol. The summed E-state index contributed by atoms with van der Waals surface area (Å²) in [5.74, 6) is 0.836. The molecule has 114 valence electrons. The van der Waals surface area contributed by atoms with Gasteiger partial charge in [0.05, 0.1) is 11.5 Å². The van der Waals surface area contributed by atoms with Crippen LogP contribution in [0, 0.1) is 6.92 Å². The van der Waals surface area contributed by atoms with Crippen LogP contribution >= 0.6 is 0 Å². The highest BCUT2D eigenvalue weighted by Crippen LogP contribution is 2.13. The quantitative estimate of drug-likeness (QED) is 0.850. The van der Waals surface area contributed by atoms with Gasteiger partial charge in [0, 0.05) is 11.8 Å². The average molecular weight is 308 g/mol. The molecule has 5 nitrogen and oxygen atoms in total. The van der Waals surface area contributed by atoms with Crippen LogP contribution in [0.5, 0.6) is 5.75 Å². The van der Waals surface area contributed by atoms with Crippen LogP contribution < -0.4 is 15.6 Å². The van der Waals surface area contributed by atoms with Gasteiger partial charge >= 0.3 is 0 Å². The van der Waals surface area contributed by atoms with E-state index < -0.39 is 10.0 Å². The number of sulfonamides is 1. The third-order valence-electron chi connectivity index (χ3n) is 2.57. The van der Waals surface area contributed by atoms with Gasteiger partial charge in [-0.15, -0.1) is 0 Å². The lowest BCUT2D eigenvalue weighted by molar-refractivity contribution is 0.340. The average Bonchev–Trinajstić information content (AvgIpc) is 2.39. The van der Waals surface area contributed by atoms with Gasteiger partial charge in [0.15, 0.2) is 0 Å². The summed E-state index contributed by atoms with van der Waals surface area (Å²) in [5, 5.41) is 4.93. The molecule has 0 heterocycles. The number of anilines is 1. The Bertz CT molecular complexity index is 685. The van der Waals surface area contributed by atoms with Gasteiger partial charge in [0.25, 0.3) is 0 Å². The van der Waals surface area contributed by atoms with Crippen molar-refractivity contribution in [2.75, 3.05) is 12.3 Å². The summed E-state index contributed by atoms with van der Waals surface area (Å²) in [6.07, 6.45) is 0. The van der Waals surface area contributed by atoms with Gasteiger partial charge in [0.1, 0.15) is 5.75 Å². The van der Waals surface area contributed by atoms with E-state index in [1.54, 1.807) is 25.1 Å². The molecule has 6 heteroatoms. The lowest BCUT2D eigenvalue weighted by Gasteiger charge is -2.01. The highest BCUT2D eigenvalue weighted by molar-refractivity contribution is 7.89. The first-order valence-corrected chi connectivity index (χ1v) is 7.96. The molecule has 0 fully saturated rings. The highest BCUT2D eigenvalue weighted by Gasteiger charge is 2.08. The molecule has 2 aromatic rings. The first kappa shape index (κ1) is 17.0. The van der Waals surface area contributed by atoms with Crippen LogP contribution in [0.3, 0.4) is 0 Å². The molecule has 4 N–H and O–H groups in total. The summed E-state index contributed by atoms with van der Waals surface area (Å²) in [5.41, 5.74) is 6.93. The van der Waals surface area contributed by atoms with Crippen LogP contribution in [-0.4, -0.2) is 15.0 Å². The standard InChI is InChI=1S/C8H11NO.C7H9NO2S/c1-2-10-8-5-3-4-7(9)6-8;1-6-4-2-3-5-7(6)11(8,9)10/h3-6H,2,9H2,1H3;2-5H,1H3,(H2,8,9,10). The SMILES string of the molecule is CCOc1cccc(N)c1.Cc1ccccc1S(N)(=O)=O. The van der Waals surface area contributed by atoms with E-state index in [0.29, 0.717) is 12.2 Å². The number of rotatable bonds is 3. The molecule has 0 aromatic heterocycles. The van der Waals surface area contributed by atoms with Crippen LogP contribution in [0.15, 0.2) is 53.4 Å². The molecule has 0 saturated heterocycles. The first-order valence-electron chi connectivity index (χ1n) is 6.41. The van der Waals surface area contributed by atoms with Crippen LogP contribution in [-0.2, 0) is 10.0 Å². The van der Waals surface area contributed by atoms with Crippen molar-refractivity contribution in [1.82, 2.24) is 0 Å². The second kappa shape index (κ2) is 7.66. The molecule has 2 rings (SSSR count). The van der Waals surface area contributed by atoms with E-state index in [1.807, 2.05) is 31.2 Å². The van der Waals surface area contributed by atoms with Crippen LogP contribution in [0.1, 0.15) is 12.5 Å². The van der Waals surface area contributed by atoms with Crippen LogP contribution in [0.2, 0.25) is 0 Å². The summed E-state index contributed by atoms with van der Waals surface area (Å²) >= 11 is 0. The summed E-state index contributed by atoms with van der Waals surface area (Å²) < 4.78 is 26.9. The molecule has 21 heavy (non-hydrogen) atoms. The number of nitrogens with two attached hydrogens (primary N) is 2. The van der Waals surface area contributed by atoms with Crippen molar-refractivity contribution in [3.63, 3.8) is 0 Å². The van der Waals surface area contributed by atoms with Gasteiger partial charge in [-0.25, -0.2) is 13.6 Å². The van der Waals surface area contributed by atoms with E-state index in [4.69, 9.17) is 15.6 Å². The predicted octanol–water partition coefficient (Wildman–Crippen LogP) is 2.31. The van der Waals surface area contributed by atoms with Crippen molar-refractivity contribution in [2.24, 2.45) is 5.14 Å². The summed E-state index contributed by atoms with van der Waals surface area (Å²) in [4.78, 5) is 0.194. The maximum Gasteiger partial charge on any atom is 0.238 e. The number of primary sulfonamides is 1. The van der Waals surface area contributed by atoms with Crippen molar-refractivity contribution in [3.8, 4) is 5.75 Å². The molecule has 0 aliphatic carbocycles. The number of benzene rings is 2. The van der Waals surface area contributed by atoms with Crippen LogP contribution in [0.25, 0.3) is 0 Å². The zero-order valence-electron chi connectivity index (χ0n) is 12.1. The molecule has 0 unspecified atom stereocenters. The molecular weight excluding hydrogens is 288 g/mol. The van der Waals surface area contributed by atoms with E-state index in [0.717, 1.165) is 11.4 Å². The molecule has 0 amide bonds. The van der Waals surface area contributed by atoms with Crippen LogP contribution in [0.4, 0.5) is 5.69 Å². The highest BCUT2D eigenvalue weighted by atomic mass is 32.2. The second-order valence-electron chi connectivity index (χ2n) is 4.32. The normalized spacial score (nSPS) is 10.4. The molecule has 0 bridgehead atoms. The minimum absolute atomic E-state index is 0.194. The van der Waals surface area contributed by atoms with Gasteiger partial charge in [0.2, 0.25) is 10.0 Å². The lowest BCUT2D eigenvalue weighted by Crippen LogP contribution is -2.13. The Morgan fingerprint density at radius 1 is 1.10 bits per heavy atom. The Morgan fingerprint density at radius 2 is 1.76 bits per heavy atom. The fraction of sp³-hybridized carbons (Fsp3) is 0.200. The molecule has 0 aliphatic heterocycles. The Balaban J connectivity index is 0.000000211. The second-order valence-corrected chi connectivity index (χ2v) is 5.85. The third kappa shape index (κ3) is 5.85. The fourth-order valence-corrected chi connectivity index (χ4v) is 2.43. The third-order valence-corrected chi connectivity index (χ3v) is 3.64. The first-order chi connectivity index (χ1) is 9.84. The maximum absolute atomic E-state index is 10.8. The van der Waals surface area contributed by atoms with Gasteiger partial charge in [-0.3, -0.25) is 0 Å². The molecular formula is C15H20N2O3S. The minimum atomic E-state index is -3.53. The molecule has 0 atom stereocenters. The number of hydrogen-bond donors (Lipinski definition) is 2. The number of ether oxygens (including phenoxy) is 1. The molecule has 0 radical (unpaired) electrons. The summed E-state index contributed by atoms with van der Waals surface area (Å²) in [6, 6.07) is 14.0. The smallest absolute Gasteiger partial charge is 0.238 e.